The predicted molar refractivity (Wildman–Crippen MR) is 63.1 cm³/mol. The van der Waals surface area contributed by atoms with Crippen LogP contribution in [0.15, 0.2) is 18.2 Å². The van der Waals surface area contributed by atoms with E-state index >= 15 is 0 Å². The monoisotopic (exact) mass is 273 g/mol. The van der Waals surface area contributed by atoms with Crippen LogP contribution < -0.4 is 9.47 Å². The number of benzene rings is 1. The van der Waals surface area contributed by atoms with Gasteiger partial charge in [0.25, 0.3) is 0 Å². The van der Waals surface area contributed by atoms with Crippen molar-refractivity contribution in [2.75, 3.05) is 13.2 Å². The Labute approximate surface area is 109 Å². The van der Waals surface area contributed by atoms with E-state index in [1.54, 1.807) is 6.92 Å². The fraction of sp³-hybridized carbons (Fsp3) is 0.462. The van der Waals surface area contributed by atoms with E-state index in [2.05, 4.69) is 0 Å². The molecule has 0 saturated heterocycles. The van der Waals surface area contributed by atoms with Gasteiger partial charge in [-0.25, -0.2) is 0 Å². The van der Waals surface area contributed by atoms with E-state index in [0.29, 0.717) is 23.7 Å². The minimum atomic E-state index is -4.17. The number of hydrogen-bond acceptors (Lipinski definition) is 3. The first-order chi connectivity index (χ1) is 8.96. The minimum Gasteiger partial charge on any atom is -0.490 e. The third-order valence-electron chi connectivity index (χ3n) is 2.23. The van der Waals surface area contributed by atoms with Crippen LogP contribution in [0.25, 0.3) is 0 Å². The topological polar surface area (TPSA) is 42.2 Å². The highest BCUT2D eigenvalue weighted by Gasteiger charge is 2.26. The van der Waals surface area contributed by atoms with E-state index in [1.807, 2.05) is 6.07 Å². The summed E-state index contributed by atoms with van der Waals surface area (Å²) in [5.41, 5.74) is 0.408. The smallest absolute Gasteiger partial charge is 0.389 e. The molecule has 0 aromatic heterocycles. The van der Waals surface area contributed by atoms with Gasteiger partial charge in [0.2, 0.25) is 0 Å². The summed E-state index contributed by atoms with van der Waals surface area (Å²) in [5.74, 6) is 0.719. The van der Waals surface area contributed by atoms with E-state index < -0.39 is 12.6 Å². The van der Waals surface area contributed by atoms with Gasteiger partial charge in [-0.05, 0) is 25.5 Å². The summed E-state index contributed by atoms with van der Waals surface area (Å²) in [4.78, 5) is 0. The van der Waals surface area contributed by atoms with Crippen molar-refractivity contribution in [2.24, 2.45) is 0 Å². The maximum atomic E-state index is 12.0. The van der Waals surface area contributed by atoms with Gasteiger partial charge < -0.3 is 9.47 Å². The summed E-state index contributed by atoms with van der Waals surface area (Å²) < 4.78 is 46.4. The quantitative estimate of drug-likeness (QED) is 0.742. The molecule has 0 spiro atoms. The van der Waals surface area contributed by atoms with Crippen molar-refractivity contribution < 1.29 is 22.6 Å². The van der Waals surface area contributed by atoms with Crippen molar-refractivity contribution in [3.8, 4) is 17.6 Å². The molecule has 3 nitrogen and oxygen atoms in total. The molecule has 0 aliphatic rings. The highest BCUT2D eigenvalue weighted by Crippen LogP contribution is 2.29. The lowest BCUT2D eigenvalue weighted by Crippen LogP contribution is -2.10. The number of ether oxygens (including phenoxy) is 2. The molecule has 0 aliphatic heterocycles. The zero-order valence-electron chi connectivity index (χ0n) is 10.5. The number of alkyl halides is 3. The molecule has 0 fully saturated rings. The molecule has 0 aliphatic carbocycles. The second kappa shape index (κ2) is 6.88. The standard InChI is InChI=1S/C13H14F3NO2/c1-2-18-12-8-10(9-17)4-5-11(12)19-7-3-6-13(14,15)16/h4-5,8H,2-3,6-7H2,1H3. The first-order valence-corrected chi connectivity index (χ1v) is 5.82. The number of nitriles is 1. The third-order valence-corrected chi connectivity index (χ3v) is 2.23. The van der Waals surface area contributed by atoms with Gasteiger partial charge in [-0.15, -0.1) is 0 Å². The zero-order valence-corrected chi connectivity index (χ0v) is 10.5. The highest BCUT2D eigenvalue weighted by atomic mass is 19.4. The molecule has 0 amide bonds. The van der Waals surface area contributed by atoms with Crippen LogP contribution in [0.2, 0.25) is 0 Å². The summed E-state index contributed by atoms with van der Waals surface area (Å²) in [7, 11) is 0. The van der Waals surface area contributed by atoms with Crippen LogP contribution in [0.1, 0.15) is 25.3 Å². The van der Waals surface area contributed by atoms with E-state index in [0.717, 1.165) is 0 Å². The van der Waals surface area contributed by atoms with Crippen molar-refractivity contribution in [3.05, 3.63) is 23.8 Å². The van der Waals surface area contributed by atoms with Gasteiger partial charge in [-0.1, -0.05) is 0 Å². The first kappa shape index (κ1) is 15.2. The van der Waals surface area contributed by atoms with E-state index in [9.17, 15) is 13.2 Å². The zero-order chi connectivity index (χ0) is 14.3. The minimum absolute atomic E-state index is 0.0501. The van der Waals surface area contributed by atoms with Crippen LogP contribution in [0, 0.1) is 11.3 Å². The molecule has 0 heterocycles. The number of halogens is 3. The Morgan fingerprint density at radius 2 is 1.95 bits per heavy atom. The van der Waals surface area contributed by atoms with Gasteiger partial charge in [0.1, 0.15) is 0 Å². The molecule has 6 heteroatoms. The van der Waals surface area contributed by atoms with Crippen LogP contribution in [0.4, 0.5) is 13.2 Å². The average molecular weight is 273 g/mol. The van der Waals surface area contributed by atoms with Gasteiger partial charge in [0.15, 0.2) is 11.5 Å². The Morgan fingerprint density at radius 1 is 1.21 bits per heavy atom. The van der Waals surface area contributed by atoms with Crippen LogP contribution in [0.3, 0.4) is 0 Å². The molecule has 1 aromatic carbocycles. The van der Waals surface area contributed by atoms with Crippen molar-refractivity contribution in [2.45, 2.75) is 25.9 Å². The normalized spacial score (nSPS) is 10.9. The molecule has 0 saturated carbocycles. The molecule has 0 atom stereocenters. The average Bonchev–Trinajstić information content (AvgIpc) is 2.35. The summed E-state index contributed by atoms with van der Waals surface area (Å²) in [6, 6.07) is 6.51. The molecule has 19 heavy (non-hydrogen) atoms. The summed E-state index contributed by atoms with van der Waals surface area (Å²) in [6.07, 6.45) is -5.17. The van der Waals surface area contributed by atoms with Gasteiger partial charge in [-0.3, -0.25) is 0 Å². The molecule has 0 unspecified atom stereocenters. The van der Waals surface area contributed by atoms with Gasteiger partial charge in [-0.2, -0.15) is 18.4 Å². The van der Waals surface area contributed by atoms with Crippen molar-refractivity contribution in [1.29, 1.82) is 5.26 Å². The van der Waals surface area contributed by atoms with Crippen LogP contribution >= 0.6 is 0 Å². The number of hydrogen-bond donors (Lipinski definition) is 0. The molecule has 1 aromatic rings. The molecule has 1 rings (SSSR count). The molecular formula is C13H14F3NO2. The van der Waals surface area contributed by atoms with Crippen molar-refractivity contribution in [1.82, 2.24) is 0 Å². The van der Waals surface area contributed by atoms with E-state index in [4.69, 9.17) is 14.7 Å². The Bertz CT molecular complexity index is 452. The molecule has 104 valence electrons. The lowest BCUT2D eigenvalue weighted by atomic mass is 10.2. The summed E-state index contributed by atoms with van der Waals surface area (Å²) in [5, 5.41) is 8.75. The Balaban J connectivity index is 2.60. The van der Waals surface area contributed by atoms with Gasteiger partial charge in [0.05, 0.1) is 24.8 Å². The van der Waals surface area contributed by atoms with Gasteiger partial charge >= 0.3 is 6.18 Å². The maximum absolute atomic E-state index is 12.0. The second-order valence-electron chi connectivity index (χ2n) is 3.77. The van der Waals surface area contributed by atoms with Crippen LogP contribution in [-0.2, 0) is 0 Å². The maximum Gasteiger partial charge on any atom is 0.389 e. The van der Waals surface area contributed by atoms with E-state index in [1.165, 1.54) is 18.2 Å². The molecule has 0 bridgehead atoms. The fourth-order valence-corrected chi connectivity index (χ4v) is 1.42. The Morgan fingerprint density at radius 3 is 2.53 bits per heavy atom. The lowest BCUT2D eigenvalue weighted by molar-refractivity contribution is -0.136. The molecule has 0 radical (unpaired) electrons. The van der Waals surface area contributed by atoms with Crippen LogP contribution in [-0.4, -0.2) is 19.4 Å². The van der Waals surface area contributed by atoms with Crippen molar-refractivity contribution in [3.63, 3.8) is 0 Å². The highest BCUT2D eigenvalue weighted by molar-refractivity contribution is 5.46. The Hall–Kier alpha value is -1.90. The number of nitrogens with zero attached hydrogens (tertiary/aromatic N) is 1. The van der Waals surface area contributed by atoms with Crippen molar-refractivity contribution >= 4 is 0 Å². The first-order valence-electron chi connectivity index (χ1n) is 5.82. The predicted octanol–water partition coefficient (Wildman–Crippen LogP) is 3.68. The van der Waals surface area contributed by atoms with E-state index in [-0.39, 0.29) is 13.0 Å². The lowest BCUT2D eigenvalue weighted by Gasteiger charge is -2.12. The Kier molecular flexibility index (Phi) is 5.49. The largest absolute Gasteiger partial charge is 0.490 e. The van der Waals surface area contributed by atoms with Gasteiger partial charge in [0, 0.05) is 12.5 Å². The summed E-state index contributed by atoms with van der Waals surface area (Å²) >= 11 is 0. The number of rotatable bonds is 6. The summed E-state index contributed by atoms with van der Waals surface area (Å²) in [6.45, 7) is 2.10. The second-order valence-corrected chi connectivity index (χ2v) is 3.77. The third kappa shape index (κ3) is 5.51. The SMILES string of the molecule is CCOc1cc(C#N)ccc1OCCCC(F)(F)F. The molecule has 0 N–H and O–H groups in total. The molecular weight excluding hydrogens is 259 g/mol. The fourth-order valence-electron chi connectivity index (χ4n) is 1.42. The van der Waals surface area contributed by atoms with Crippen LogP contribution in [0.5, 0.6) is 11.5 Å².